The minimum atomic E-state index is -2.92. The number of amides is 1. The van der Waals surface area contributed by atoms with Gasteiger partial charge in [-0.05, 0) is 9.91 Å². The van der Waals surface area contributed by atoms with Crippen LogP contribution in [-0.4, -0.2) is 44.6 Å². The van der Waals surface area contributed by atoms with Crippen LogP contribution in [0, 0.1) is 10.1 Å². The van der Waals surface area contributed by atoms with Crippen molar-refractivity contribution in [2.75, 3.05) is 6.54 Å². The van der Waals surface area contributed by atoms with Crippen molar-refractivity contribution in [2.24, 2.45) is 0 Å². The highest BCUT2D eigenvalue weighted by Gasteiger charge is 2.17. The quantitative estimate of drug-likeness (QED) is 0.535. The van der Waals surface area contributed by atoms with Crippen LogP contribution < -0.4 is 5.32 Å². The average Bonchev–Trinajstić information content (AvgIpc) is 2.82. The summed E-state index contributed by atoms with van der Waals surface area (Å²) in [5, 5.41) is 21.2. The number of hydrogen-bond acceptors (Lipinski definition) is 5. The van der Waals surface area contributed by atoms with E-state index in [9.17, 15) is 23.7 Å². The summed E-state index contributed by atoms with van der Waals surface area (Å²) in [6, 6.07) is 0. The summed E-state index contributed by atoms with van der Waals surface area (Å²) in [7, 11) is 0. The van der Waals surface area contributed by atoms with Crippen molar-refractivity contribution in [3.8, 4) is 0 Å². The zero-order chi connectivity index (χ0) is 14.4. The number of aromatic nitrogens is 2. The molecule has 1 amide bonds. The van der Waals surface area contributed by atoms with Crippen molar-refractivity contribution in [3.63, 3.8) is 0 Å². The zero-order valence-corrected chi connectivity index (χ0v) is 9.70. The highest BCUT2D eigenvalue weighted by molar-refractivity contribution is 5.75. The van der Waals surface area contributed by atoms with Gasteiger partial charge in [-0.15, -0.1) is 0 Å². The topological polar surface area (TPSA) is 110 Å². The van der Waals surface area contributed by atoms with Gasteiger partial charge in [-0.3, -0.25) is 4.79 Å². The molecule has 0 radical (unpaired) electrons. The number of hydrogen-bond donors (Lipinski definition) is 2. The summed E-state index contributed by atoms with van der Waals surface area (Å²) in [6.07, 6.45) is -2.54. The lowest BCUT2D eigenvalue weighted by atomic mass is 10.3. The van der Waals surface area contributed by atoms with Crippen LogP contribution >= 0.6 is 0 Å². The molecule has 0 bridgehead atoms. The molecule has 1 atom stereocenters. The van der Waals surface area contributed by atoms with Crippen LogP contribution in [0.1, 0.15) is 6.42 Å². The smallest absolute Gasteiger partial charge is 0.381 e. The monoisotopic (exact) mass is 278 g/mol. The van der Waals surface area contributed by atoms with E-state index in [2.05, 4.69) is 10.3 Å². The molecule has 1 rings (SSSR count). The van der Waals surface area contributed by atoms with E-state index in [-0.39, 0.29) is 18.8 Å². The Bertz CT molecular complexity index is 451. The Morgan fingerprint density at radius 2 is 2.32 bits per heavy atom. The summed E-state index contributed by atoms with van der Waals surface area (Å²) >= 11 is 0. The molecule has 106 valence electrons. The lowest BCUT2D eigenvalue weighted by Gasteiger charge is -2.10. The van der Waals surface area contributed by atoms with Gasteiger partial charge in [0.2, 0.25) is 12.2 Å². The fraction of sp³-hybridized carbons (Fsp3) is 0.556. The second-order valence-corrected chi connectivity index (χ2v) is 3.68. The lowest BCUT2D eigenvalue weighted by Crippen LogP contribution is -2.36. The second kappa shape index (κ2) is 6.73. The molecule has 1 aromatic heterocycles. The normalized spacial score (nSPS) is 12.4. The van der Waals surface area contributed by atoms with Gasteiger partial charge in [-0.2, -0.15) is 0 Å². The van der Waals surface area contributed by atoms with E-state index in [1.165, 1.54) is 10.9 Å². The molecule has 1 unspecified atom stereocenters. The van der Waals surface area contributed by atoms with Crippen molar-refractivity contribution in [1.29, 1.82) is 0 Å². The van der Waals surface area contributed by atoms with Gasteiger partial charge in [0.15, 0.2) is 0 Å². The maximum Gasteiger partial charge on any atom is 0.381 e. The summed E-state index contributed by atoms with van der Waals surface area (Å²) < 4.78 is 25.2. The molecule has 19 heavy (non-hydrogen) atoms. The molecule has 0 fully saturated rings. The lowest BCUT2D eigenvalue weighted by molar-refractivity contribution is -0.389. The molecule has 2 N–H and O–H groups in total. The second-order valence-electron chi connectivity index (χ2n) is 3.68. The van der Waals surface area contributed by atoms with Gasteiger partial charge in [0, 0.05) is 19.5 Å². The highest BCUT2D eigenvalue weighted by Crippen LogP contribution is 2.06. The molecule has 10 heteroatoms. The number of aliphatic hydroxyl groups excluding tert-OH is 1. The van der Waals surface area contributed by atoms with Crippen LogP contribution in [0.3, 0.4) is 0 Å². The Labute approximate surface area is 106 Å². The number of nitrogens with zero attached hydrogens (tertiary/aromatic N) is 3. The predicted molar refractivity (Wildman–Crippen MR) is 58.5 cm³/mol. The van der Waals surface area contributed by atoms with E-state index >= 15 is 0 Å². The van der Waals surface area contributed by atoms with Gasteiger partial charge in [-0.1, -0.05) is 0 Å². The SMILES string of the molecule is O=C(CCn1cnc([N+](=O)[O-])c1)NCC(O)C(F)F. The standard InChI is InChI=1S/C9H12F2N4O4/c10-9(11)6(16)3-12-8(17)1-2-14-4-7(13-5-14)15(18)19/h4-6,9,16H,1-3H2,(H,12,17). The van der Waals surface area contributed by atoms with Crippen molar-refractivity contribution in [1.82, 2.24) is 14.9 Å². The maximum absolute atomic E-state index is 11.9. The first-order valence-corrected chi connectivity index (χ1v) is 5.29. The number of aryl methyl sites for hydroxylation is 1. The first-order chi connectivity index (χ1) is 8.90. The van der Waals surface area contributed by atoms with Gasteiger partial charge in [-0.25, -0.2) is 8.78 Å². The van der Waals surface area contributed by atoms with E-state index < -0.39 is 29.9 Å². The Hall–Kier alpha value is -2.10. The predicted octanol–water partition coefficient (Wildman–Crippen LogP) is -0.0764. The largest absolute Gasteiger partial charge is 0.385 e. The average molecular weight is 278 g/mol. The van der Waals surface area contributed by atoms with E-state index in [4.69, 9.17) is 5.11 Å². The minimum absolute atomic E-state index is 0.0660. The molecule has 0 aliphatic rings. The number of aliphatic hydroxyl groups is 1. The van der Waals surface area contributed by atoms with Gasteiger partial charge in [0.25, 0.3) is 6.43 Å². The Morgan fingerprint density at radius 1 is 1.63 bits per heavy atom. The van der Waals surface area contributed by atoms with E-state index in [0.717, 1.165) is 6.20 Å². The molecular formula is C9H12F2N4O4. The first kappa shape index (κ1) is 15.0. The molecule has 0 spiro atoms. The van der Waals surface area contributed by atoms with Gasteiger partial charge in [0.05, 0.1) is 0 Å². The Balaban J connectivity index is 2.31. The molecule has 0 saturated carbocycles. The van der Waals surface area contributed by atoms with Gasteiger partial charge >= 0.3 is 5.82 Å². The van der Waals surface area contributed by atoms with Crippen LogP contribution in [0.15, 0.2) is 12.5 Å². The molecule has 0 saturated heterocycles. The summed E-state index contributed by atoms with van der Waals surface area (Å²) in [5.74, 6) is -0.885. The molecule has 0 aliphatic heterocycles. The third-order valence-electron chi connectivity index (χ3n) is 2.20. The number of rotatable bonds is 7. The van der Waals surface area contributed by atoms with Crippen molar-refractivity contribution in [2.45, 2.75) is 25.5 Å². The number of carbonyl (C=O) groups is 1. The minimum Gasteiger partial charge on any atom is -0.385 e. The molecular weight excluding hydrogens is 266 g/mol. The number of imidazole rings is 1. The molecule has 0 aliphatic carbocycles. The van der Waals surface area contributed by atoms with E-state index in [1.54, 1.807) is 0 Å². The maximum atomic E-state index is 11.9. The molecule has 0 aromatic carbocycles. The number of halogens is 2. The number of alkyl halides is 2. The van der Waals surface area contributed by atoms with Gasteiger partial charge < -0.3 is 25.1 Å². The molecule has 8 nitrogen and oxygen atoms in total. The first-order valence-electron chi connectivity index (χ1n) is 5.29. The fourth-order valence-electron chi connectivity index (χ4n) is 1.19. The molecule has 1 aromatic rings. The zero-order valence-electron chi connectivity index (χ0n) is 9.70. The van der Waals surface area contributed by atoms with Crippen molar-refractivity contribution >= 4 is 11.7 Å². The fourth-order valence-corrected chi connectivity index (χ4v) is 1.19. The van der Waals surface area contributed by atoms with Crippen LogP contribution in [0.4, 0.5) is 14.6 Å². The van der Waals surface area contributed by atoms with E-state index in [1.807, 2.05) is 0 Å². The molecule has 1 heterocycles. The Morgan fingerprint density at radius 3 is 2.84 bits per heavy atom. The van der Waals surface area contributed by atoms with Crippen LogP contribution in [0.2, 0.25) is 0 Å². The third-order valence-corrected chi connectivity index (χ3v) is 2.20. The summed E-state index contributed by atoms with van der Waals surface area (Å²) in [6.45, 7) is -0.419. The van der Waals surface area contributed by atoms with Crippen LogP contribution in [-0.2, 0) is 11.3 Å². The van der Waals surface area contributed by atoms with Gasteiger partial charge in [0.1, 0.15) is 12.3 Å². The number of carbonyl (C=O) groups excluding carboxylic acids is 1. The summed E-state index contributed by atoms with van der Waals surface area (Å²) in [4.78, 5) is 24.4. The number of nitro groups is 1. The third kappa shape index (κ3) is 4.95. The highest BCUT2D eigenvalue weighted by atomic mass is 19.3. The Kier molecular flexibility index (Phi) is 5.30. The van der Waals surface area contributed by atoms with Crippen molar-refractivity contribution in [3.05, 3.63) is 22.6 Å². The van der Waals surface area contributed by atoms with Crippen LogP contribution in [0.25, 0.3) is 0 Å². The number of nitrogens with one attached hydrogen (secondary N) is 1. The van der Waals surface area contributed by atoms with E-state index in [0.29, 0.717) is 0 Å². The van der Waals surface area contributed by atoms with Crippen LogP contribution in [0.5, 0.6) is 0 Å². The summed E-state index contributed by atoms with van der Waals surface area (Å²) in [5.41, 5.74) is 0. The van der Waals surface area contributed by atoms with Crippen molar-refractivity contribution < 1.29 is 23.6 Å².